The summed E-state index contributed by atoms with van der Waals surface area (Å²) in [5, 5.41) is 6.49. The van der Waals surface area contributed by atoms with Gasteiger partial charge in [-0.15, -0.1) is 24.0 Å². The number of hydrogen-bond donors (Lipinski definition) is 2. The van der Waals surface area contributed by atoms with Crippen LogP contribution in [0, 0.1) is 0 Å². The molecule has 0 aliphatic heterocycles. The average molecular weight is 446 g/mol. The molecular weight excluding hydrogens is 415 g/mol. The van der Waals surface area contributed by atoms with E-state index >= 15 is 0 Å². The first kappa shape index (κ1) is 21.9. The Morgan fingerprint density at radius 2 is 1.77 bits per heavy atom. The minimum atomic E-state index is -3.17. The third-order valence-corrected chi connectivity index (χ3v) is 5.94. The van der Waals surface area contributed by atoms with Gasteiger partial charge in [0, 0.05) is 32.7 Å². The number of nitrogens with one attached hydrogen (secondary N) is 2. The summed E-state index contributed by atoms with van der Waals surface area (Å²) in [4.78, 5) is 4.17. The molecule has 0 aromatic rings. The first-order chi connectivity index (χ1) is 10.0. The van der Waals surface area contributed by atoms with Gasteiger partial charge in [0.15, 0.2) is 5.96 Å². The normalized spacial score (nSPS) is 17.2. The van der Waals surface area contributed by atoms with Crippen LogP contribution in [0.4, 0.5) is 0 Å². The van der Waals surface area contributed by atoms with Crippen molar-refractivity contribution in [3.8, 4) is 0 Å². The summed E-state index contributed by atoms with van der Waals surface area (Å²) in [5.74, 6) is 0.802. The van der Waals surface area contributed by atoms with Crippen LogP contribution >= 0.6 is 24.0 Å². The number of aliphatic imine (C=N–C) groups is 1. The van der Waals surface area contributed by atoms with Crippen LogP contribution in [0.5, 0.6) is 0 Å². The highest BCUT2D eigenvalue weighted by Crippen LogP contribution is 2.17. The molecular formula is C14H31IN4O2S. The maximum absolute atomic E-state index is 12.1. The van der Waals surface area contributed by atoms with E-state index < -0.39 is 10.0 Å². The lowest BCUT2D eigenvalue weighted by Crippen LogP contribution is -2.46. The topological polar surface area (TPSA) is 73.8 Å². The molecule has 0 aromatic heterocycles. The summed E-state index contributed by atoms with van der Waals surface area (Å²) in [5.41, 5.74) is 0. The molecule has 0 saturated heterocycles. The minimum Gasteiger partial charge on any atom is -0.355 e. The number of sulfonamides is 1. The molecule has 0 amide bonds. The van der Waals surface area contributed by atoms with Gasteiger partial charge in [-0.2, -0.15) is 0 Å². The van der Waals surface area contributed by atoms with Crippen LogP contribution in [0.25, 0.3) is 0 Å². The molecule has 132 valence electrons. The molecule has 0 heterocycles. The molecule has 0 unspecified atom stereocenters. The lowest BCUT2D eigenvalue weighted by Gasteiger charge is -2.25. The van der Waals surface area contributed by atoms with Gasteiger partial charge in [-0.25, -0.2) is 12.7 Å². The summed E-state index contributed by atoms with van der Waals surface area (Å²) < 4.78 is 25.6. The van der Waals surface area contributed by atoms with Gasteiger partial charge in [-0.05, 0) is 12.8 Å². The Kier molecular flexibility index (Phi) is 11.4. The van der Waals surface area contributed by atoms with Crippen LogP contribution in [0.2, 0.25) is 0 Å². The number of guanidine groups is 1. The Morgan fingerprint density at radius 1 is 1.18 bits per heavy atom. The number of hydrogen-bond acceptors (Lipinski definition) is 3. The van der Waals surface area contributed by atoms with Gasteiger partial charge in [0.2, 0.25) is 10.0 Å². The zero-order valence-electron chi connectivity index (χ0n) is 14.0. The van der Waals surface area contributed by atoms with E-state index in [1.165, 1.54) is 36.4 Å². The quantitative estimate of drug-likeness (QED) is 0.355. The van der Waals surface area contributed by atoms with E-state index in [0.29, 0.717) is 31.6 Å². The van der Waals surface area contributed by atoms with Crippen LogP contribution in [0.1, 0.15) is 46.0 Å². The molecule has 1 saturated carbocycles. The summed E-state index contributed by atoms with van der Waals surface area (Å²) in [7, 11) is -1.45. The van der Waals surface area contributed by atoms with Crippen molar-refractivity contribution in [3.05, 3.63) is 0 Å². The highest BCUT2D eigenvalue weighted by molar-refractivity contribution is 14.0. The third-order valence-electron chi connectivity index (χ3n) is 3.92. The SMILES string of the molecule is CCN(CC)S(=O)(=O)CCNC(=NC)NC1CCCCC1.I. The van der Waals surface area contributed by atoms with Crippen molar-refractivity contribution in [1.29, 1.82) is 0 Å². The maximum atomic E-state index is 12.1. The van der Waals surface area contributed by atoms with Gasteiger partial charge in [0.05, 0.1) is 5.75 Å². The molecule has 6 nitrogen and oxygen atoms in total. The van der Waals surface area contributed by atoms with Crippen molar-refractivity contribution in [2.45, 2.75) is 52.0 Å². The van der Waals surface area contributed by atoms with Crippen LogP contribution in [-0.2, 0) is 10.0 Å². The van der Waals surface area contributed by atoms with E-state index in [4.69, 9.17) is 0 Å². The summed E-state index contributed by atoms with van der Waals surface area (Å²) in [6, 6.07) is 0.462. The molecule has 8 heteroatoms. The Bertz CT molecular complexity index is 419. The van der Waals surface area contributed by atoms with E-state index in [2.05, 4.69) is 15.6 Å². The Labute approximate surface area is 152 Å². The third kappa shape index (κ3) is 7.45. The predicted octanol–water partition coefficient (Wildman–Crippen LogP) is 1.77. The molecule has 22 heavy (non-hydrogen) atoms. The average Bonchev–Trinajstić information content (AvgIpc) is 2.48. The highest BCUT2D eigenvalue weighted by Gasteiger charge is 2.19. The van der Waals surface area contributed by atoms with E-state index in [0.717, 1.165) is 0 Å². The largest absolute Gasteiger partial charge is 0.355 e. The molecule has 0 aromatic carbocycles. The van der Waals surface area contributed by atoms with Gasteiger partial charge in [0.25, 0.3) is 0 Å². The van der Waals surface area contributed by atoms with Gasteiger partial charge in [-0.1, -0.05) is 33.1 Å². The Hall–Kier alpha value is -0.0900. The molecule has 0 spiro atoms. The van der Waals surface area contributed by atoms with Crippen LogP contribution in [-0.4, -0.2) is 57.2 Å². The fraction of sp³-hybridized carbons (Fsp3) is 0.929. The van der Waals surface area contributed by atoms with Gasteiger partial charge in [-0.3, -0.25) is 4.99 Å². The van der Waals surface area contributed by atoms with E-state index in [1.54, 1.807) is 7.05 Å². The molecule has 1 aliphatic carbocycles. The summed E-state index contributed by atoms with van der Waals surface area (Å²) in [6.45, 7) is 5.14. The Morgan fingerprint density at radius 3 is 2.27 bits per heavy atom. The van der Waals surface area contributed by atoms with Crippen molar-refractivity contribution in [1.82, 2.24) is 14.9 Å². The number of halogens is 1. The number of nitrogens with zero attached hydrogens (tertiary/aromatic N) is 2. The summed E-state index contributed by atoms with van der Waals surface area (Å²) in [6.07, 6.45) is 6.15. The molecule has 0 bridgehead atoms. The van der Waals surface area contributed by atoms with E-state index in [1.807, 2.05) is 13.8 Å². The standard InChI is InChI=1S/C14H30N4O2S.HI/c1-4-18(5-2)21(19,20)12-11-16-14(15-3)17-13-9-7-6-8-10-13;/h13H,4-12H2,1-3H3,(H2,15,16,17);1H. The highest BCUT2D eigenvalue weighted by atomic mass is 127. The van der Waals surface area contributed by atoms with Crippen molar-refractivity contribution in [2.24, 2.45) is 4.99 Å². The number of rotatable bonds is 7. The monoisotopic (exact) mass is 446 g/mol. The van der Waals surface area contributed by atoms with Crippen LogP contribution in [0.15, 0.2) is 4.99 Å². The minimum absolute atomic E-state index is 0. The van der Waals surface area contributed by atoms with Gasteiger partial charge in [0.1, 0.15) is 0 Å². The summed E-state index contributed by atoms with van der Waals surface area (Å²) >= 11 is 0. The second kappa shape index (κ2) is 11.4. The smallest absolute Gasteiger partial charge is 0.215 e. The molecule has 2 N–H and O–H groups in total. The van der Waals surface area contributed by atoms with Crippen LogP contribution in [0.3, 0.4) is 0 Å². The fourth-order valence-corrected chi connectivity index (χ4v) is 4.08. The molecule has 0 atom stereocenters. The Balaban J connectivity index is 0.00000441. The lowest BCUT2D eigenvalue weighted by atomic mass is 9.96. The maximum Gasteiger partial charge on any atom is 0.215 e. The second-order valence-corrected chi connectivity index (χ2v) is 7.47. The van der Waals surface area contributed by atoms with Crippen molar-refractivity contribution >= 4 is 40.0 Å². The molecule has 1 rings (SSSR count). The van der Waals surface area contributed by atoms with Crippen molar-refractivity contribution in [3.63, 3.8) is 0 Å². The first-order valence-corrected chi connectivity index (χ1v) is 9.59. The zero-order chi connectivity index (χ0) is 15.7. The van der Waals surface area contributed by atoms with E-state index in [-0.39, 0.29) is 29.7 Å². The lowest BCUT2D eigenvalue weighted by molar-refractivity contribution is 0.410. The molecule has 0 radical (unpaired) electrons. The fourth-order valence-electron chi connectivity index (χ4n) is 2.68. The predicted molar refractivity (Wildman–Crippen MR) is 103 cm³/mol. The second-order valence-electron chi connectivity index (χ2n) is 5.38. The first-order valence-electron chi connectivity index (χ1n) is 7.98. The zero-order valence-corrected chi connectivity index (χ0v) is 17.1. The van der Waals surface area contributed by atoms with E-state index in [9.17, 15) is 8.42 Å². The van der Waals surface area contributed by atoms with Crippen LogP contribution < -0.4 is 10.6 Å². The molecule has 1 fully saturated rings. The van der Waals surface area contributed by atoms with Crippen molar-refractivity contribution < 1.29 is 8.42 Å². The van der Waals surface area contributed by atoms with Gasteiger partial charge >= 0.3 is 0 Å². The molecule has 1 aliphatic rings. The van der Waals surface area contributed by atoms with Gasteiger partial charge < -0.3 is 10.6 Å². The van der Waals surface area contributed by atoms with Crippen molar-refractivity contribution in [2.75, 3.05) is 32.4 Å².